The molecule has 0 N–H and O–H groups in total. The standard InChI is InChI=1S/C22H16N6OS/c1-15-25-21-19(9-12-30-21)22(29)28(15)24-13-17-14-27(18-5-3-2-4-6-18)26-20(17)16-7-10-23-11-8-16/h2-14H,1H3. The second-order valence-corrected chi connectivity index (χ2v) is 7.50. The molecule has 0 spiro atoms. The van der Waals surface area contributed by atoms with Crippen LogP contribution >= 0.6 is 11.3 Å². The van der Waals surface area contributed by atoms with Gasteiger partial charge in [0, 0.05) is 29.7 Å². The molecule has 7 nitrogen and oxygen atoms in total. The van der Waals surface area contributed by atoms with Crippen molar-refractivity contribution in [3.63, 3.8) is 0 Å². The molecule has 4 heterocycles. The molecule has 4 aromatic heterocycles. The van der Waals surface area contributed by atoms with Gasteiger partial charge in [0.25, 0.3) is 5.56 Å². The Morgan fingerprint density at radius 3 is 2.67 bits per heavy atom. The average Bonchev–Trinajstić information content (AvgIpc) is 3.42. The van der Waals surface area contributed by atoms with Crippen LogP contribution < -0.4 is 5.56 Å². The Balaban J connectivity index is 1.64. The zero-order chi connectivity index (χ0) is 20.5. The summed E-state index contributed by atoms with van der Waals surface area (Å²) in [7, 11) is 0. The van der Waals surface area contributed by atoms with Gasteiger partial charge in [-0.15, -0.1) is 11.3 Å². The highest BCUT2D eigenvalue weighted by atomic mass is 32.1. The van der Waals surface area contributed by atoms with Crippen molar-refractivity contribution in [2.45, 2.75) is 6.92 Å². The monoisotopic (exact) mass is 412 g/mol. The summed E-state index contributed by atoms with van der Waals surface area (Å²) in [6.07, 6.45) is 6.99. The Bertz CT molecular complexity index is 1420. The lowest BCUT2D eigenvalue weighted by molar-refractivity contribution is 0.772. The van der Waals surface area contributed by atoms with E-state index in [1.807, 2.05) is 54.0 Å². The fourth-order valence-electron chi connectivity index (χ4n) is 3.19. The zero-order valence-corrected chi connectivity index (χ0v) is 16.8. The van der Waals surface area contributed by atoms with Gasteiger partial charge in [-0.3, -0.25) is 9.78 Å². The Morgan fingerprint density at radius 2 is 1.87 bits per heavy atom. The van der Waals surface area contributed by atoms with Crippen LogP contribution in [0.15, 0.2) is 82.4 Å². The minimum absolute atomic E-state index is 0.184. The van der Waals surface area contributed by atoms with Crippen molar-refractivity contribution in [2.75, 3.05) is 0 Å². The van der Waals surface area contributed by atoms with E-state index in [9.17, 15) is 4.79 Å². The number of para-hydroxylation sites is 1. The van der Waals surface area contributed by atoms with Crippen LogP contribution in [0.1, 0.15) is 11.4 Å². The minimum atomic E-state index is -0.184. The summed E-state index contributed by atoms with van der Waals surface area (Å²) in [4.78, 5) is 22.1. The number of aryl methyl sites for hydroxylation is 1. The summed E-state index contributed by atoms with van der Waals surface area (Å²) < 4.78 is 3.12. The smallest absolute Gasteiger partial charge is 0.267 e. The predicted molar refractivity (Wildman–Crippen MR) is 118 cm³/mol. The number of hydrogen-bond acceptors (Lipinski definition) is 6. The molecule has 146 valence electrons. The van der Waals surface area contributed by atoms with E-state index in [1.54, 1.807) is 36.3 Å². The summed E-state index contributed by atoms with van der Waals surface area (Å²) in [5.41, 5.74) is 3.19. The van der Waals surface area contributed by atoms with Crippen LogP contribution in [0.5, 0.6) is 0 Å². The lowest BCUT2D eigenvalue weighted by Crippen LogP contribution is -2.19. The second kappa shape index (κ2) is 7.49. The molecule has 0 fully saturated rings. The third-order valence-corrected chi connectivity index (χ3v) is 5.47. The van der Waals surface area contributed by atoms with Gasteiger partial charge in [0.2, 0.25) is 0 Å². The first-order valence-corrected chi connectivity index (χ1v) is 10.2. The zero-order valence-electron chi connectivity index (χ0n) is 16.0. The number of hydrogen-bond donors (Lipinski definition) is 0. The number of benzene rings is 1. The first kappa shape index (κ1) is 18.1. The van der Waals surface area contributed by atoms with Crippen molar-refractivity contribution >= 4 is 27.8 Å². The van der Waals surface area contributed by atoms with Gasteiger partial charge >= 0.3 is 0 Å². The minimum Gasteiger partial charge on any atom is -0.267 e. The van der Waals surface area contributed by atoms with Gasteiger partial charge in [0.15, 0.2) is 0 Å². The summed E-state index contributed by atoms with van der Waals surface area (Å²) in [5, 5.41) is 11.6. The van der Waals surface area contributed by atoms with E-state index in [4.69, 9.17) is 5.10 Å². The maximum atomic E-state index is 12.8. The summed E-state index contributed by atoms with van der Waals surface area (Å²) in [6.45, 7) is 1.77. The molecule has 0 aliphatic rings. The van der Waals surface area contributed by atoms with Crippen molar-refractivity contribution in [1.29, 1.82) is 0 Å². The summed E-state index contributed by atoms with van der Waals surface area (Å²) in [6, 6.07) is 15.4. The van der Waals surface area contributed by atoms with E-state index >= 15 is 0 Å². The van der Waals surface area contributed by atoms with Crippen LogP contribution in [-0.4, -0.2) is 30.6 Å². The Kier molecular flexibility index (Phi) is 4.53. The van der Waals surface area contributed by atoms with Gasteiger partial charge in [0.05, 0.1) is 17.3 Å². The molecule has 0 atom stereocenters. The van der Waals surface area contributed by atoms with Crippen molar-refractivity contribution < 1.29 is 0 Å². The van der Waals surface area contributed by atoms with Crippen molar-refractivity contribution in [3.8, 4) is 16.9 Å². The number of fused-ring (bicyclic) bond motifs is 1. The molecule has 0 saturated heterocycles. The molecule has 0 aliphatic heterocycles. The molecule has 0 unspecified atom stereocenters. The van der Waals surface area contributed by atoms with Gasteiger partial charge in [-0.05, 0) is 42.6 Å². The summed E-state index contributed by atoms with van der Waals surface area (Å²) >= 11 is 1.44. The Hall–Kier alpha value is -3.91. The third-order valence-electron chi connectivity index (χ3n) is 4.67. The molecule has 0 saturated carbocycles. The normalized spacial score (nSPS) is 11.5. The Labute approximate surface area is 175 Å². The lowest BCUT2D eigenvalue weighted by Gasteiger charge is -2.02. The lowest BCUT2D eigenvalue weighted by atomic mass is 10.1. The number of pyridine rings is 1. The molecule has 0 bridgehead atoms. The molecule has 0 amide bonds. The molecule has 0 aliphatic carbocycles. The van der Waals surface area contributed by atoms with Crippen LogP contribution in [0.3, 0.4) is 0 Å². The van der Waals surface area contributed by atoms with E-state index in [0.717, 1.165) is 27.3 Å². The number of rotatable bonds is 4. The highest BCUT2D eigenvalue weighted by Crippen LogP contribution is 2.22. The van der Waals surface area contributed by atoms with Gasteiger partial charge < -0.3 is 0 Å². The van der Waals surface area contributed by atoms with E-state index in [-0.39, 0.29) is 5.56 Å². The first-order chi connectivity index (χ1) is 14.7. The number of aromatic nitrogens is 5. The number of thiophene rings is 1. The maximum absolute atomic E-state index is 12.8. The van der Waals surface area contributed by atoms with Crippen LogP contribution in [0.25, 0.3) is 27.2 Å². The van der Waals surface area contributed by atoms with Gasteiger partial charge in [-0.1, -0.05) is 18.2 Å². The van der Waals surface area contributed by atoms with Crippen molar-refractivity contribution in [1.82, 2.24) is 24.4 Å². The quantitative estimate of drug-likeness (QED) is 0.420. The van der Waals surface area contributed by atoms with E-state index in [2.05, 4.69) is 15.1 Å². The maximum Gasteiger partial charge on any atom is 0.282 e. The van der Waals surface area contributed by atoms with Gasteiger partial charge in [-0.25, -0.2) is 9.67 Å². The molecule has 0 radical (unpaired) electrons. The van der Waals surface area contributed by atoms with Crippen LogP contribution in [-0.2, 0) is 0 Å². The molecule has 8 heteroatoms. The van der Waals surface area contributed by atoms with E-state index in [0.29, 0.717) is 11.2 Å². The average molecular weight is 412 g/mol. The van der Waals surface area contributed by atoms with E-state index < -0.39 is 0 Å². The van der Waals surface area contributed by atoms with Gasteiger partial charge in [-0.2, -0.15) is 14.9 Å². The Morgan fingerprint density at radius 1 is 1.07 bits per heavy atom. The third kappa shape index (κ3) is 3.23. The molecule has 5 aromatic rings. The molecule has 5 rings (SSSR count). The molecular weight excluding hydrogens is 396 g/mol. The number of nitrogens with zero attached hydrogens (tertiary/aromatic N) is 6. The first-order valence-electron chi connectivity index (χ1n) is 9.27. The predicted octanol–water partition coefficient (Wildman–Crippen LogP) is 3.90. The van der Waals surface area contributed by atoms with Crippen LogP contribution in [0, 0.1) is 6.92 Å². The SMILES string of the molecule is Cc1nc2sccc2c(=O)n1N=Cc1cn(-c2ccccc2)nc1-c1ccncc1. The van der Waals surface area contributed by atoms with Crippen LogP contribution in [0.4, 0.5) is 0 Å². The van der Waals surface area contributed by atoms with Gasteiger partial charge in [0.1, 0.15) is 16.3 Å². The van der Waals surface area contributed by atoms with Crippen LogP contribution in [0.2, 0.25) is 0 Å². The fourth-order valence-corrected chi connectivity index (χ4v) is 3.99. The molecular formula is C22H16N6OS. The topological polar surface area (TPSA) is 78.0 Å². The highest BCUT2D eigenvalue weighted by Gasteiger charge is 2.12. The molecule has 30 heavy (non-hydrogen) atoms. The van der Waals surface area contributed by atoms with E-state index in [1.165, 1.54) is 16.0 Å². The largest absolute Gasteiger partial charge is 0.282 e. The second-order valence-electron chi connectivity index (χ2n) is 6.61. The fraction of sp³-hybridized carbons (Fsp3) is 0.0455. The van der Waals surface area contributed by atoms with Crippen molar-refractivity contribution in [2.24, 2.45) is 5.10 Å². The highest BCUT2D eigenvalue weighted by molar-refractivity contribution is 7.16. The summed E-state index contributed by atoms with van der Waals surface area (Å²) in [5.74, 6) is 0.534. The molecule has 1 aromatic carbocycles. The van der Waals surface area contributed by atoms with Crippen molar-refractivity contribution in [3.05, 3.63) is 94.2 Å².